The molecule has 2 N–H and O–H groups in total. The maximum absolute atomic E-state index is 12.1. The second-order valence-electron chi connectivity index (χ2n) is 6.31. The molecule has 1 unspecified atom stereocenters. The lowest BCUT2D eigenvalue weighted by Crippen LogP contribution is -2.43. The van der Waals surface area contributed by atoms with Gasteiger partial charge in [-0.3, -0.25) is 4.79 Å². The summed E-state index contributed by atoms with van der Waals surface area (Å²) < 4.78 is 0. The molecule has 0 heterocycles. The highest BCUT2D eigenvalue weighted by molar-refractivity contribution is 5.74. The first-order valence-electron chi connectivity index (χ1n) is 7.60. The van der Waals surface area contributed by atoms with E-state index in [4.69, 9.17) is 11.5 Å². The normalized spacial score (nSPS) is 15.3. The van der Waals surface area contributed by atoms with E-state index in [9.17, 15) is 9.59 Å². The van der Waals surface area contributed by atoms with Crippen molar-refractivity contribution in [2.75, 3.05) is 19.6 Å². The lowest BCUT2D eigenvalue weighted by molar-refractivity contribution is -0.138. The van der Waals surface area contributed by atoms with E-state index < -0.39 is 5.97 Å². The van der Waals surface area contributed by atoms with Crippen molar-refractivity contribution in [3.8, 4) is 12.3 Å². The summed E-state index contributed by atoms with van der Waals surface area (Å²) in [6, 6.07) is -0.181. The summed E-state index contributed by atoms with van der Waals surface area (Å²) in [6.07, 6.45) is 8.48. The van der Waals surface area contributed by atoms with E-state index in [1.807, 2.05) is 0 Å². The molecule has 0 aromatic carbocycles. The van der Waals surface area contributed by atoms with Crippen molar-refractivity contribution >= 4 is 12.0 Å². The summed E-state index contributed by atoms with van der Waals surface area (Å²) >= 11 is 0. The molecule has 118 valence electrons. The van der Waals surface area contributed by atoms with Crippen molar-refractivity contribution in [3.05, 3.63) is 0 Å². The molecule has 1 saturated carbocycles. The minimum absolute atomic E-state index is 0.0416. The van der Waals surface area contributed by atoms with Gasteiger partial charge >= 0.3 is 12.0 Å². The van der Waals surface area contributed by atoms with E-state index in [1.165, 1.54) is 0 Å². The molecule has 1 fully saturated rings. The third-order valence-electron chi connectivity index (χ3n) is 3.55. The van der Waals surface area contributed by atoms with Gasteiger partial charge < -0.3 is 15.3 Å². The Balaban J connectivity index is 2.45. The second kappa shape index (κ2) is 8.56. The van der Waals surface area contributed by atoms with Gasteiger partial charge in [-0.1, -0.05) is 19.8 Å². The van der Waals surface area contributed by atoms with E-state index >= 15 is 0 Å². The molecule has 1 aliphatic carbocycles. The van der Waals surface area contributed by atoms with Gasteiger partial charge in [0, 0.05) is 19.5 Å². The Labute approximate surface area is 127 Å². The molecule has 0 bridgehead atoms. The lowest BCUT2D eigenvalue weighted by Gasteiger charge is -2.23. The van der Waals surface area contributed by atoms with Crippen LogP contribution >= 0.6 is 0 Å². The molecular weight excluding hydrogens is 268 g/mol. The smallest absolute Gasteiger partial charge is 0.318 e. The van der Waals surface area contributed by atoms with E-state index in [0.29, 0.717) is 31.5 Å². The molecule has 2 amide bonds. The number of carbonyl (C=O) groups excluding carboxylic acids is 1. The molecule has 1 rings (SSSR count). The van der Waals surface area contributed by atoms with Crippen molar-refractivity contribution in [2.24, 2.45) is 17.8 Å². The van der Waals surface area contributed by atoms with Crippen LogP contribution in [0, 0.1) is 30.1 Å². The monoisotopic (exact) mass is 294 g/mol. The molecule has 0 spiro atoms. The van der Waals surface area contributed by atoms with Crippen LogP contribution in [-0.4, -0.2) is 41.6 Å². The SMILES string of the molecule is C#CCN(CC1CC1)C(=O)NCC(CC(=O)O)CC(C)C. The molecule has 5 nitrogen and oxygen atoms in total. The fraction of sp³-hybridized carbons (Fsp3) is 0.750. The topological polar surface area (TPSA) is 69.6 Å². The molecule has 0 aliphatic heterocycles. The standard InChI is InChI=1S/C16H26N2O3/c1-4-7-18(11-13-5-6-13)16(21)17-10-14(8-12(2)3)9-15(19)20/h1,12-14H,5-11H2,2-3H3,(H,17,21)(H,19,20). The van der Waals surface area contributed by atoms with Crippen LogP contribution in [0.2, 0.25) is 0 Å². The number of hydrogen-bond acceptors (Lipinski definition) is 2. The Morgan fingerprint density at radius 2 is 2.10 bits per heavy atom. The number of hydrogen-bond donors (Lipinski definition) is 2. The number of carboxylic acid groups (broad SMARTS) is 1. The van der Waals surface area contributed by atoms with Gasteiger partial charge in [0.25, 0.3) is 0 Å². The second-order valence-corrected chi connectivity index (χ2v) is 6.31. The number of rotatable bonds is 9. The van der Waals surface area contributed by atoms with E-state index in [-0.39, 0.29) is 18.4 Å². The van der Waals surface area contributed by atoms with Gasteiger partial charge in [0.05, 0.1) is 6.54 Å². The first kappa shape index (κ1) is 17.4. The fourth-order valence-electron chi connectivity index (χ4n) is 2.44. The first-order chi connectivity index (χ1) is 9.92. The van der Waals surface area contributed by atoms with Crippen molar-refractivity contribution in [3.63, 3.8) is 0 Å². The van der Waals surface area contributed by atoms with Gasteiger partial charge in [-0.2, -0.15) is 0 Å². The maximum Gasteiger partial charge on any atom is 0.318 e. The number of carboxylic acids is 1. The molecule has 5 heteroatoms. The van der Waals surface area contributed by atoms with Gasteiger partial charge in [-0.05, 0) is 37.0 Å². The highest BCUT2D eigenvalue weighted by atomic mass is 16.4. The first-order valence-corrected chi connectivity index (χ1v) is 7.60. The average Bonchev–Trinajstić information content (AvgIpc) is 3.17. The quantitative estimate of drug-likeness (QED) is 0.640. The number of urea groups is 1. The summed E-state index contributed by atoms with van der Waals surface area (Å²) in [5, 5.41) is 11.8. The molecule has 0 radical (unpaired) electrons. The largest absolute Gasteiger partial charge is 0.481 e. The van der Waals surface area contributed by atoms with Crippen molar-refractivity contribution in [1.29, 1.82) is 0 Å². The highest BCUT2D eigenvalue weighted by Gasteiger charge is 2.26. The van der Waals surface area contributed by atoms with E-state index in [0.717, 1.165) is 19.3 Å². The van der Waals surface area contributed by atoms with Crippen LogP contribution in [0.25, 0.3) is 0 Å². The van der Waals surface area contributed by atoms with E-state index in [2.05, 4.69) is 25.1 Å². The van der Waals surface area contributed by atoms with Crippen LogP contribution < -0.4 is 5.32 Å². The predicted octanol–water partition coefficient (Wildman–Crippen LogP) is 2.18. The predicted molar refractivity (Wildman–Crippen MR) is 81.7 cm³/mol. The minimum atomic E-state index is -0.826. The molecular formula is C16H26N2O3. The third kappa shape index (κ3) is 7.60. The molecule has 21 heavy (non-hydrogen) atoms. The molecule has 1 atom stereocenters. The van der Waals surface area contributed by atoms with Crippen LogP contribution in [-0.2, 0) is 4.79 Å². The van der Waals surface area contributed by atoms with Gasteiger partial charge in [-0.25, -0.2) is 4.79 Å². The Kier molecular flexibility index (Phi) is 7.07. The zero-order valence-corrected chi connectivity index (χ0v) is 13.0. The van der Waals surface area contributed by atoms with Crippen LogP contribution in [0.15, 0.2) is 0 Å². The molecule has 0 saturated heterocycles. The molecule has 1 aliphatic rings. The van der Waals surface area contributed by atoms with Crippen molar-refractivity contribution in [2.45, 2.75) is 39.5 Å². The number of carbonyl (C=O) groups is 2. The molecule has 0 aromatic rings. The van der Waals surface area contributed by atoms with Gasteiger partial charge in [0.2, 0.25) is 0 Å². The zero-order valence-electron chi connectivity index (χ0n) is 13.0. The Morgan fingerprint density at radius 1 is 1.43 bits per heavy atom. The minimum Gasteiger partial charge on any atom is -0.481 e. The summed E-state index contributed by atoms with van der Waals surface area (Å²) in [5.74, 6) is 2.62. The van der Waals surface area contributed by atoms with E-state index in [1.54, 1.807) is 4.90 Å². The fourth-order valence-corrected chi connectivity index (χ4v) is 2.44. The Hall–Kier alpha value is -1.70. The lowest BCUT2D eigenvalue weighted by atomic mass is 9.94. The summed E-state index contributed by atoms with van der Waals surface area (Å²) in [6.45, 7) is 5.48. The molecule has 0 aromatic heterocycles. The van der Waals surface area contributed by atoms with Crippen LogP contribution in [0.3, 0.4) is 0 Å². The maximum atomic E-state index is 12.1. The number of aliphatic carboxylic acids is 1. The third-order valence-corrected chi connectivity index (χ3v) is 3.55. The zero-order chi connectivity index (χ0) is 15.8. The summed E-state index contributed by atoms with van der Waals surface area (Å²) in [5.41, 5.74) is 0. The number of nitrogens with zero attached hydrogens (tertiary/aromatic N) is 1. The van der Waals surface area contributed by atoms with Gasteiger partial charge in [0.15, 0.2) is 0 Å². The summed E-state index contributed by atoms with van der Waals surface area (Å²) in [7, 11) is 0. The Bertz CT molecular complexity index is 397. The van der Waals surface area contributed by atoms with Crippen LogP contribution in [0.1, 0.15) is 39.5 Å². The average molecular weight is 294 g/mol. The van der Waals surface area contributed by atoms with Gasteiger partial charge in [-0.15, -0.1) is 6.42 Å². The van der Waals surface area contributed by atoms with Crippen LogP contribution in [0.5, 0.6) is 0 Å². The highest BCUT2D eigenvalue weighted by Crippen LogP contribution is 2.29. The van der Waals surface area contributed by atoms with Crippen LogP contribution in [0.4, 0.5) is 4.79 Å². The number of terminal acetylenes is 1. The number of amides is 2. The van der Waals surface area contributed by atoms with Crippen molar-refractivity contribution in [1.82, 2.24) is 10.2 Å². The van der Waals surface area contributed by atoms with Gasteiger partial charge in [0.1, 0.15) is 0 Å². The number of nitrogens with one attached hydrogen (secondary N) is 1. The van der Waals surface area contributed by atoms with Crippen molar-refractivity contribution < 1.29 is 14.7 Å². The summed E-state index contributed by atoms with van der Waals surface area (Å²) in [4.78, 5) is 24.7. The Morgan fingerprint density at radius 3 is 2.57 bits per heavy atom.